The SMILES string of the molecule is CCCNCCCCCCCl. The summed E-state index contributed by atoms with van der Waals surface area (Å²) in [4.78, 5) is 0. The lowest BCUT2D eigenvalue weighted by Crippen LogP contribution is -2.15. The Morgan fingerprint density at radius 2 is 1.73 bits per heavy atom. The van der Waals surface area contributed by atoms with Crippen molar-refractivity contribution in [1.82, 2.24) is 5.32 Å². The first kappa shape index (κ1) is 11.2. The van der Waals surface area contributed by atoms with Crippen molar-refractivity contribution >= 4 is 11.6 Å². The van der Waals surface area contributed by atoms with Gasteiger partial charge in [0, 0.05) is 5.88 Å². The first-order valence-corrected chi connectivity index (χ1v) is 5.22. The third-order valence-electron chi connectivity index (χ3n) is 1.66. The summed E-state index contributed by atoms with van der Waals surface area (Å²) >= 11 is 5.55. The lowest BCUT2D eigenvalue weighted by atomic mass is 10.2. The van der Waals surface area contributed by atoms with Crippen molar-refractivity contribution in [3.63, 3.8) is 0 Å². The van der Waals surface area contributed by atoms with Crippen molar-refractivity contribution in [2.75, 3.05) is 19.0 Å². The molecule has 2 heteroatoms. The van der Waals surface area contributed by atoms with Gasteiger partial charge in [-0.05, 0) is 32.4 Å². The standard InChI is InChI=1S/C9H20ClN/c1-2-8-11-9-6-4-3-5-7-10/h11H,2-9H2,1H3. The van der Waals surface area contributed by atoms with E-state index in [9.17, 15) is 0 Å². The van der Waals surface area contributed by atoms with Crippen molar-refractivity contribution in [1.29, 1.82) is 0 Å². The number of hydrogen-bond acceptors (Lipinski definition) is 1. The second kappa shape index (κ2) is 10.2. The van der Waals surface area contributed by atoms with Crippen LogP contribution in [0.1, 0.15) is 39.0 Å². The van der Waals surface area contributed by atoms with E-state index in [1.54, 1.807) is 0 Å². The largest absolute Gasteiger partial charge is 0.317 e. The van der Waals surface area contributed by atoms with Crippen LogP contribution in [0.2, 0.25) is 0 Å². The van der Waals surface area contributed by atoms with E-state index in [4.69, 9.17) is 11.6 Å². The van der Waals surface area contributed by atoms with E-state index in [0.29, 0.717) is 0 Å². The fraction of sp³-hybridized carbons (Fsp3) is 1.00. The first-order valence-electron chi connectivity index (χ1n) is 4.68. The van der Waals surface area contributed by atoms with Crippen molar-refractivity contribution in [3.05, 3.63) is 0 Å². The minimum atomic E-state index is 0.822. The van der Waals surface area contributed by atoms with Crippen LogP contribution >= 0.6 is 11.6 Å². The van der Waals surface area contributed by atoms with Gasteiger partial charge in [0.1, 0.15) is 0 Å². The number of alkyl halides is 1. The maximum absolute atomic E-state index is 5.55. The highest BCUT2D eigenvalue weighted by Crippen LogP contribution is 1.99. The molecule has 0 radical (unpaired) electrons. The summed E-state index contributed by atoms with van der Waals surface area (Å²) in [5.74, 6) is 0.822. The monoisotopic (exact) mass is 177 g/mol. The van der Waals surface area contributed by atoms with Crippen LogP contribution in [0, 0.1) is 0 Å². The van der Waals surface area contributed by atoms with Crippen LogP contribution in [0.15, 0.2) is 0 Å². The Kier molecular flexibility index (Phi) is 10.5. The molecule has 11 heavy (non-hydrogen) atoms. The molecule has 0 aliphatic heterocycles. The second-order valence-electron chi connectivity index (χ2n) is 2.85. The molecule has 0 fully saturated rings. The Bertz CT molecular complexity index is 58.6. The minimum absolute atomic E-state index is 0.822. The molecule has 0 saturated heterocycles. The molecular weight excluding hydrogens is 158 g/mol. The van der Waals surface area contributed by atoms with Crippen molar-refractivity contribution in [2.45, 2.75) is 39.0 Å². The van der Waals surface area contributed by atoms with Gasteiger partial charge in [-0.25, -0.2) is 0 Å². The van der Waals surface area contributed by atoms with Crippen LogP contribution in [-0.4, -0.2) is 19.0 Å². The van der Waals surface area contributed by atoms with E-state index < -0.39 is 0 Å². The fourth-order valence-corrected chi connectivity index (χ4v) is 1.19. The van der Waals surface area contributed by atoms with Gasteiger partial charge in [0.05, 0.1) is 0 Å². The van der Waals surface area contributed by atoms with Gasteiger partial charge in [0.25, 0.3) is 0 Å². The van der Waals surface area contributed by atoms with Crippen LogP contribution in [0.5, 0.6) is 0 Å². The van der Waals surface area contributed by atoms with Gasteiger partial charge in [-0.2, -0.15) is 0 Å². The Balaban J connectivity index is 2.69. The molecule has 0 saturated carbocycles. The summed E-state index contributed by atoms with van der Waals surface area (Å²) < 4.78 is 0. The Morgan fingerprint density at radius 1 is 1.00 bits per heavy atom. The molecule has 0 aromatic heterocycles. The zero-order chi connectivity index (χ0) is 8.36. The van der Waals surface area contributed by atoms with Gasteiger partial charge in [-0.3, -0.25) is 0 Å². The fourth-order valence-electron chi connectivity index (χ4n) is 1.000. The average Bonchev–Trinajstić information content (AvgIpc) is 2.03. The van der Waals surface area contributed by atoms with Gasteiger partial charge in [0.15, 0.2) is 0 Å². The second-order valence-corrected chi connectivity index (χ2v) is 3.23. The van der Waals surface area contributed by atoms with Crippen LogP contribution in [0.3, 0.4) is 0 Å². The lowest BCUT2D eigenvalue weighted by Gasteiger charge is -2.01. The van der Waals surface area contributed by atoms with Crippen molar-refractivity contribution in [2.24, 2.45) is 0 Å². The summed E-state index contributed by atoms with van der Waals surface area (Å²) in [6.07, 6.45) is 6.33. The highest BCUT2D eigenvalue weighted by molar-refractivity contribution is 6.17. The van der Waals surface area contributed by atoms with Gasteiger partial charge in [-0.1, -0.05) is 19.8 Å². The third-order valence-corrected chi connectivity index (χ3v) is 1.93. The predicted octanol–water partition coefficient (Wildman–Crippen LogP) is 2.79. The van der Waals surface area contributed by atoms with E-state index >= 15 is 0 Å². The number of unbranched alkanes of at least 4 members (excludes halogenated alkanes) is 3. The molecule has 0 aliphatic rings. The molecule has 0 aliphatic carbocycles. The zero-order valence-electron chi connectivity index (χ0n) is 7.53. The molecular formula is C9H20ClN. The molecule has 0 aromatic carbocycles. The summed E-state index contributed by atoms with van der Waals surface area (Å²) in [5, 5.41) is 3.38. The summed E-state index contributed by atoms with van der Waals surface area (Å²) in [7, 11) is 0. The van der Waals surface area contributed by atoms with Gasteiger partial charge in [0.2, 0.25) is 0 Å². The van der Waals surface area contributed by atoms with Crippen molar-refractivity contribution in [3.8, 4) is 0 Å². The molecule has 68 valence electrons. The molecule has 0 spiro atoms. The average molecular weight is 178 g/mol. The van der Waals surface area contributed by atoms with Crippen LogP contribution in [0.25, 0.3) is 0 Å². The summed E-state index contributed by atoms with van der Waals surface area (Å²) in [5.41, 5.74) is 0. The van der Waals surface area contributed by atoms with Crippen molar-refractivity contribution < 1.29 is 0 Å². The molecule has 1 nitrogen and oxygen atoms in total. The Hall–Kier alpha value is 0.250. The third kappa shape index (κ3) is 10.2. The van der Waals surface area contributed by atoms with Gasteiger partial charge < -0.3 is 5.32 Å². The van der Waals surface area contributed by atoms with Crippen LogP contribution in [-0.2, 0) is 0 Å². The first-order chi connectivity index (χ1) is 5.41. The molecule has 0 amide bonds. The zero-order valence-corrected chi connectivity index (χ0v) is 8.29. The Morgan fingerprint density at radius 3 is 2.36 bits per heavy atom. The van der Waals surface area contributed by atoms with E-state index in [0.717, 1.165) is 12.4 Å². The number of nitrogens with one attached hydrogen (secondary N) is 1. The van der Waals surface area contributed by atoms with E-state index in [2.05, 4.69) is 12.2 Å². The molecule has 1 N–H and O–H groups in total. The minimum Gasteiger partial charge on any atom is -0.317 e. The maximum atomic E-state index is 5.55. The molecule has 0 unspecified atom stereocenters. The van der Waals surface area contributed by atoms with Gasteiger partial charge in [-0.15, -0.1) is 11.6 Å². The highest BCUT2D eigenvalue weighted by atomic mass is 35.5. The van der Waals surface area contributed by atoms with Crippen LogP contribution in [0.4, 0.5) is 0 Å². The molecule has 0 rings (SSSR count). The molecule has 0 bridgehead atoms. The number of halogens is 1. The number of rotatable bonds is 8. The molecule has 0 heterocycles. The topological polar surface area (TPSA) is 12.0 Å². The summed E-state index contributed by atoms with van der Waals surface area (Å²) in [6, 6.07) is 0. The summed E-state index contributed by atoms with van der Waals surface area (Å²) in [6.45, 7) is 4.53. The quantitative estimate of drug-likeness (QED) is 0.444. The lowest BCUT2D eigenvalue weighted by molar-refractivity contribution is 0.595. The molecule has 0 atom stereocenters. The highest BCUT2D eigenvalue weighted by Gasteiger charge is 1.88. The van der Waals surface area contributed by atoms with E-state index in [1.807, 2.05) is 0 Å². The maximum Gasteiger partial charge on any atom is 0.0223 e. The van der Waals surface area contributed by atoms with Crippen LogP contribution < -0.4 is 5.32 Å². The predicted molar refractivity (Wildman–Crippen MR) is 52.3 cm³/mol. The van der Waals surface area contributed by atoms with E-state index in [1.165, 1.54) is 38.6 Å². The number of hydrogen-bond donors (Lipinski definition) is 1. The van der Waals surface area contributed by atoms with E-state index in [-0.39, 0.29) is 0 Å². The molecule has 0 aromatic rings. The van der Waals surface area contributed by atoms with Gasteiger partial charge >= 0.3 is 0 Å². The normalized spacial score (nSPS) is 10.4. The smallest absolute Gasteiger partial charge is 0.0223 e. The Labute approximate surface area is 75.5 Å².